The van der Waals surface area contributed by atoms with Crippen LogP contribution in [0.1, 0.15) is 101 Å². The molecule has 7 rings (SSSR count). The Morgan fingerprint density at radius 1 is 0.838 bits per heavy atom. The molecule has 5 fully saturated rings. The first-order chi connectivity index (χ1) is 18.1. The molecular weight excluding hydrogens is 456 g/mol. The fourth-order valence-corrected chi connectivity index (χ4v) is 9.54. The summed E-state index contributed by atoms with van der Waals surface area (Å²) in [5, 5.41) is 9.85. The van der Waals surface area contributed by atoms with E-state index in [1.807, 2.05) is 0 Å². The second-order valence-corrected chi connectivity index (χ2v) is 13.3. The lowest BCUT2D eigenvalue weighted by Crippen LogP contribution is -2.58. The first kappa shape index (κ1) is 24.2. The summed E-state index contributed by atoms with van der Waals surface area (Å²) in [5.41, 5.74) is 2.50. The Labute approximate surface area is 222 Å². The van der Waals surface area contributed by atoms with Crippen molar-refractivity contribution in [3.8, 4) is 0 Å². The van der Waals surface area contributed by atoms with Crippen LogP contribution in [0.3, 0.4) is 0 Å². The fourth-order valence-electron chi connectivity index (χ4n) is 9.54. The first-order valence-corrected chi connectivity index (χ1v) is 15.5. The maximum Gasteiger partial charge on any atom is 0.114 e. The van der Waals surface area contributed by atoms with Crippen LogP contribution >= 0.6 is 0 Å². The summed E-state index contributed by atoms with van der Waals surface area (Å²) in [4.78, 5) is 10.8. The monoisotopic (exact) mass is 502 g/mol. The molecule has 0 spiro atoms. The summed E-state index contributed by atoms with van der Waals surface area (Å²) >= 11 is 0. The highest BCUT2D eigenvalue weighted by Crippen LogP contribution is 2.48. The van der Waals surface area contributed by atoms with Crippen molar-refractivity contribution in [3.63, 3.8) is 0 Å². The molecule has 5 heteroatoms. The highest BCUT2D eigenvalue weighted by molar-refractivity contribution is 5.76. The van der Waals surface area contributed by atoms with Crippen LogP contribution in [0.25, 0.3) is 11.0 Å². The van der Waals surface area contributed by atoms with Crippen molar-refractivity contribution in [2.75, 3.05) is 19.6 Å². The molecule has 1 aromatic carbocycles. The van der Waals surface area contributed by atoms with Gasteiger partial charge in [0.2, 0.25) is 0 Å². The summed E-state index contributed by atoms with van der Waals surface area (Å²) in [6.45, 7) is 6.36. The van der Waals surface area contributed by atoms with Crippen LogP contribution in [0.5, 0.6) is 0 Å². The second kappa shape index (κ2) is 10.0. The zero-order valence-electron chi connectivity index (χ0n) is 22.6. The van der Waals surface area contributed by atoms with E-state index in [4.69, 9.17) is 4.98 Å². The minimum atomic E-state index is 0.279. The highest BCUT2D eigenvalue weighted by Gasteiger charge is 2.45. The molecule has 2 aromatic rings. The van der Waals surface area contributed by atoms with E-state index in [0.29, 0.717) is 18.5 Å². The van der Waals surface area contributed by atoms with Crippen LogP contribution in [-0.4, -0.2) is 62.2 Å². The number of benzene rings is 1. The Bertz CT molecular complexity index is 1100. The second-order valence-electron chi connectivity index (χ2n) is 13.3. The van der Waals surface area contributed by atoms with Crippen LogP contribution in [0.15, 0.2) is 36.6 Å². The zero-order chi connectivity index (χ0) is 24.9. The van der Waals surface area contributed by atoms with E-state index in [2.05, 4.69) is 45.2 Å². The summed E-state index contributed by atoms with van der Waals surface area (Å²) in [5.74, 6) is 4.02. The lowest BCUT2D eigenvalue weighted by atomic mass is 9.68. The molecule has 3 saturated heterocycles. The zero-order valence-corrected chi connectivity index (χ0v) is 22.6. The molecule has 3 aliphatic heterocycles. The number of fused-ring (bicyclic) bond motifs is 5. The van der Waals surface area contributed by atoms with Crippen molar-refractivity contribution in [1.82, 2.24) is 19.4 Å². The van der Waals surface area contributed by atoms with Gasteiger partial charge in [-0.2, -0.15) is 0 Å². The van der Waals surface area contributed by atoms with Crippen LogP contribution < -0.4 is 0 Å². The van der Waals surface area contributed by atoms with Crippen LogP contribution in [0, 0.1) is 11.8 Å². The molecule has 37 heavy (non-hydrogen) atoms. The Hall–Kier alpha value is -1.85. The maximum absolute atomic E-state index is 9.85. The van der Waals surface area contributed by atoms with Gasteiger partial charge in [-0.25, -0.2) is 4.98 Å². The summed E-state index contributed by atoms with van der Waals surface area (Å²) < 4.78 is 2.70. The number of imidazole rings is 1. The van der Waals surface area contributed by atoms with Crippen molar-refractivity contribution in [1.29, 1.82) is 0 Å². The number of rotatable bonds is 5. The van der Waals surface area contributed by atoms with Crippen LogP contribution in [-0.2, 0) is 0 Å². The molecule has 0 amide bonds. The molecule has 4 bridgehead atoms. The third-order valence-corrected chi connectivity index (χ3v) is 10.8. The van der Waals surface area contributed by atoms with E-state index in [-0.39, 0.29) is 5.76 Å². The minimum Gasteiger partial charge on any atom is -0.512 e. The third-order valence-electron chi connectivity index (χ3n) is 10.8. The first-order valence-electron chi connectivity index (χ1n) is 15.5. The molecule has 2 saturated carbocycles. The quantitative estimate of drug-likeness (QED) is 0.456. The van der Waals surface area contributed by atoms with Gasteiger partial charge < -0.3 is 9.67 Å². The summed E-state index contributed by atoms with van der Waals surface area (Å²) in [6, 6.07) is 11.8. The molecule has 2 aliphatic carbocycles. The van der Waals surface area contributed by atoms with E-state index in [1.54, 1.807) is 0 Å². The predicted octanol–water partition coefficient (Wildman–Crippen LogP) is 6.81. The number of aliphatic hydroxyl groups is 1. The summed E-state index contributed by atoms with van der Waals surface area (Å²) in [7, 11) is 0. The van der Waals surface area contributed by atoms with E-state index in [9.17, 15) is 5.11 Å². The van der Waals surface area contributed by atoms with Crippen LogP contribution in [0.2, 0.25) is 0 Å². The van der Waals surface area contributed by atoms with Gasteiger partial charge in [-0.15, -0.1) is 0 Å². The van der Waals surface area contributed by atoms with Crippen molar-refractivity contribution in [2.45, 2.75) is 114 Å². The number of piperidine rings is 3. The van der Waals surface area contributed by atoms with E-state index in [1.165, 1.54) is 88.4 Å². The predicted molar refractivity (Wildman–Crippen MR) is 150 cm³/mol. The number of hydrogen-bond acceptors (Lipinski definition) is 4. The van der Waals surface area contributed by atoms with Crippen LogP contribution in [0.4, 0.5) is 0 Å². The SMILES string of the molecule is C=C(O)CN1CCC[C@H](c2nc3ccccc3n2C2C[C@H]3CCC[C@@H](C2)N3C2C[C@H]3CCC[C@@H](C2)C3)C1. The van der Waals surface area contributed by atoms with E-state index in [0.717, 1.165) is 55.0 Å². The number of aromatic nitrogens is 2. The van der Waals surface area contributed by atoms with Crippen molar-refractivity contribution in [2.24, 2.45) is 11.8 Å². The standard InChI is InChI=1S/C32H46N4O/c1-22(37)20-34-14-6-9-25(21-34)32-33-30-12-2-3-13-31(30)36(32)29-18-26-10-5-11-27(19-29)35(26)28-16-23-7-4-8-24(15-23)17-28/h2-3,12-13,23-29,37H,1,4-11,14-21H2/t23-,24+,25-,26-,27+,28?,29?/m0/s1. The number of aliphatic hydroxyl groups excluding tert-OH is 1. The summed E-state index contributed by atoms with van der Waals surface area (Å²) in [6.07, 6.45) is 18.1. The van der Waals surface area contributed by atoms with Gasteiger partial charge in [-0.1, -0.05) is 44.4 Å². The average Bonchev–Trinajstić information content (AvgIpc) is 3.27. The molecule has 0 radical (unpaired) electrons. The van der Waals surface area contributed by atoms with Crippen molar-refractivity contribution >= 4 is 11.0 Å². The number of likely N-dealkylation sites (tertiary alicyclic amines) is 1. The molecule has 2 unspecified atom stereocenters. The van der Waals surface area contributed by atoms with Gasteiger partial charge in [-0.05, 0) is 88.3 Å². The van der Waals surface area contributed by atoms with E-state index >= 15 is 0 Å². The van der Waals surface area contributed by atoms with E-state index < -0.39 is 0 Å². The number of nitrogens with zero attached hydrogens (tertiary/aromatic N) is 4. The molecule has 5 aliphatic rings. The minimum absolute atomic E-state index is 0.279. The van der Waals surface area contributed by atoms with Gasteiger partial charge >= 0.3 is 0 Å². The molecule has 1 aromatic heterocycles. The Morgan fingerprint density at radius 3 is 2.32 bits per heavy atom. The molecule has 7 atom stereocenters. The molecule has 4 heterocycles. The largest absolute Gasteiger partial charge is 0.512 e. The van der Waals surface area contributed by atoms with Crippen molar-refractivity contribution in [3.05, 3.63) is 42.4 Å². The number of hydrogen-bond donors (Lipinski definition) is 1. The Morgan fingerprint density at radius 2 is 1.57 bits per heavy atom. The van der Waals surface area contributed by atoms with Gasteiger partial charge in [0.1, 0.15) is 5.82 Å². The maximum atomic E-state index is 9.85. The number of para-hydroxylation sites is 2. The van der Waals surface area contributed by atoms with Crippen molar-refractivity contribution < 1.29 is 5.11 Å². The molecule has 5 nitrogen and oxygen atoms in total. The molecule has 1 N–H and O–H groups in total. The topological polar surface area (TPSA) is 44.5 Å². The van der Waals surface area contributed by atoms with Gasteiger partial charge in [0.05, 0.1) is 23.3 Å². The fraction of sp³-hybridized carbons (Fsp3) is 0.719. The Kier molecular flexibility index (Phi) is 6.57. The molecule has 200 valence electrons. The van der Waals surface area contributed by atoms with Gasteiger partial charge in [0.25, 0.3) is 0 Å². The van der Waals surface area contributed by atoms with Gasteiger partial charge in [0.15, 0.2) is 0 Å². The third kappa shape index (κ3) is 4.65. The lowest BCUT2D eigenvalue weighted by Gasteiger charge is -2.55. The highest BCUT2D eigenvalue weighted by atomic mass is 16.3. The van der Waals surface area contributed by atoms with Gasteiger partial charge in [0, 0.05) is 36.6 Å². The molecular formula is C32H46N4O. The smallest absolute Gasteiger partial charge is 0.114 e. The average molecular weight is 503 g/mol. The Balaban J connectivity index is 1.18. The lowest BCUT2D eigenvalue weighted by molar-refractivity contribution is -0.0487. The van der Waals surface area contributed by atoms with Gasteiger partial charge in [-0.3, -0.25) is 9.80 Å². The normalized spacial score (nSPS) is 37.0.